The minimum atomic E-state index is -4.49. The first-order chi connectivity index (χ1) is 8.25. The van der Waals surface area contributed by atoms with Crippen LogP contribution in [-0.2, 0) is 0 Å². The molecule has 0 radical (unpaired) electrons. The molecule has 3 N–H and O–H groups in total. The van der Waals surface area contributed by atoms with Gasteiger partial charge in [-0.15, -0.1) is 0 Å². The Bertz CT molecular complexity index is 306. The lowest BCUT2D eigenvalue weighted by atomic mass is 9.93. The van der Waals surface area contributed by atoms with Crippen LogP contribution in [0.1, 0.15) is 26.7 Å². The average molecular weight is 267 g/mol. The largest absolute Gasteiger partial charge is 0.409 e. The van der Waals surface area contributed by atoms with Gasteiger partial charge >= 0.3 is 6.18 Å². The topological polar surface area (TPSA) is 61.8 Å². The van der Waals surface area contributed by atoms with Crippen LogP contribution in [0.15, 0.2) is 5.16 Å². The molecular weight excluding hydrogens is 247 g/mol. The van der Waals surface area contributed by atoms with E-state index in [1.54, 1.807) is 4.90 Å². The number of oxime groups is 1. The fraction of sp³-hybridized carbons (Fsp3) is 0.909. The van der Waals surface area contributed by atoms with E-state index in [9.17, 15) is 13.2 Å². The smallest absolute Gasteiger partial charge is 0.400 e. The van der Waals surface area contributed by atoms with Gasteiger partial charge in [0, 0.05) is 19.1 Å². The van der Waals surface area contributed by atoms with Crippen LogP contribution in [0, 0.1) is 11.8 Å². The van der Waals surface area contributed by atoms with Crippen molar-refractivity contribution >= 4 is 5.84 Å². The molecule has 0 aromatic carbocycles. The van der Waals surface area contributed by atoms with Crippen LogP contribution in [0.5, 0.6) is 0 Å². The highest BCUT2D eigenvalue weighted by Gasteiger charge is 2.44. The van der Waals surface area contributed by atoms with E-state index in [2.05, 4.69) is 5.16 Å². The Morgan fingerprint density at radius 2 is 2.06 bits per heavy atom. The van der Waals surface area contributed by atoms with Crippen molar-refractivity contribution in [3.05, 3.63) is 0 Å². The first-order valence-corrected chi connectivity index (χ1v) is 6.03. The van der Waals surface area contributed by atoms with E-state index in [-0.39, 0.29) is 12.6 Å². The molecule has 0 aliphatic carbocycles. The van der Waals surface area contributed by atoms with Gasteiger partial charge in [-0.3, -0.25) is 4.90 Å². The second kappa shape index (κ2) is 5.77. The summed E-state index contributed by atoms with van der Waals surface area (Å²) in [5, 5.41) is 11.0. The van der Waals surface area contributed by atoms with Gasteiger partial charge in [-0.05, 0) is 25.7 Å². The Morgan fingerprint density at radius 3 is 2.56 bits per heavy atom. The third kappa shape index (κ3) is 3.76. The SMILES string of the molecule is CC1CCC(C)N(CC(C(N)=NO)C(F)(F)F)C1. The molecule has 3 unspecified atom stereocenters. The van der Waals surface area contributed by atoms with Crippen LogP contribution in [0.2, 0.25) is 0 Å². The van der Waals surface area contributed by atoms with Gasteiger partial charge in [-0.1, -0.05) is 12.1 Å². The van der Waals surface area contributed by atoms with Gasteiger partial charge in [0.2, 0.25) is 0 Å². The Balaban J connectivity index is 2.77. The standard InChI is InChI=1S/C11H20F3N3O/c1-7-3-4-8(2)17(5-7)6-9(10(15)16-18)11(12,13)14/h7-9,18H,3-6H2,1-2H3,(H2,15,16). The summed E-state index contributed by atoms with van der Waals surface area (Å²) < 4.78 is 38.5. The highest BCUT2D eigenvalue weighted by molar-refractivity contribution is 5.83. The van der Waals surface area contributed by atoms with Crippen molar-refractivity contribution in [1.82, 2.24) is 4.90 Å². The number of nitrogens with two attached hydrogens (primary N) is 1. The molecule has 0 spiro atoms. The summed E-state index contributed by atoms with van der Waals surface area (Å²) in [4.78, 5) is 1.77. The van der Waals surface area contributed by atoms with Crippen LogP contribution in [0.4, 0.5) is 13.2 Å². The number of hydrogen-bond donors (Lipinski definition) is 2. The average Bonchev–Trinajstić information content (AvgIpc) is 2.27. The quantitative estimate of drug-likeness (QED) is 0.356. The number of rotatable bonds is 3. The lowest BCUT2D eigenvalue weighted by Gasteiger charge is -2.38. The fourth-order valence-corrected chi connectivity index (χ4v) is 2.30. The zero-order valence-electron chi connectivity index (χ0n) is 10.6. The van der Waals surface area contributed by atoms with Crippen LogP contribution >= 0.6 is 0 Å². The molecule has 1 heterocycles. The van der Waals surface area contributed by atoms with Gasteiger partial charge < -0.3 is 10.9 Å². The Morgan fingerprint density at radius 1 is 1.44 bits per heavy atom. The van der Waals surface area contributed by atoms with Crippen molar-refractivity contribution in [2.75, 3.05) is 13.1 Å². The zero-order chi connectivity index (χ0) is 13.9. The summed E-state index contributed by atoms with van der Waals surface area (Å²) in [6, 6.07) is 0.0949. The highest BCUT2D eigenvalue weighted by Crippen LogP contribution is 2.30. The van der Waals surface area contributed by atoms with Crippen molar-refractivity contribution < 1.29 is 18.4 Å². The van der Waals surface area contributed by atoms with Crippen molar-refractivity contribution in [3.63, 3.8) is 0 Å². The van der Waals surface area contributed by atoms with Crippen LogP contribution in [-0.4, -0.2) is 41.3 Å². The number of piperidine rings is 1. The molecular formula is C11H20F3N3O. The van der Waals surface area contributed by atoms with E-state index in [1.807, 2.05) is 13.8 Å². The predicted octanol–water partition coefficient (Wildman–Crippen LogP) is 2.03. The molecule has 0 aromatic rings. The molecule has 0 bridgehead atoms. The fourth-order valence-electron chi connectivity index (χ4n) is 2.30. The predicted molar refractivity (Wildman–Crippen MR) is 62.4 cm³/mol. The van der Waals surface area contributed by atoms with Gasteiger partial charge in [-0.25, -0.2) is 0 Å². The van der Waals surface area contributed by atoms with Gasteiger partial charge in [0.15, 0.2) is 5.84 Å². The maximum Gasteiger partial charge on any atom is 0.400 e. The lowest BCUT2D eigenvalue weighted by Crippen LogP contribution is -2.49. The van der Waals surface area contributed by atoms with Crippen molar-refractivity contribution in [3.8, 4) is 0 Å². The number of nitrogens with zero attached hydrogens (tertiary/aromatic N) is 2. The summed E-state index contributed by atoms with van der Waals surface area (Å²) in [5.41, 5.74) is 5.15. The molecule has 106 valence electrons. The van der Waals surface area contributed by atoms with E-state index in [0.717, 1.165) is 12.8 Å². The number of amidine groups is 1. The second-order valence-electron chi connectivity index (χ2n) is 5.10. The minimum absolute atomic E-state index is 0.0949. The second-order valence-corrected chi connectivity index (χ2v) is 5.10. The van der Waals surface area contributed by atoms with Crippen LogP contribution in [0.25, 0.3) is 0 Å². The van der Waals surface area contributed by atoms with Gasteiger partial charge in [0.1, 0.15) is 5.92 Å². The summed E-state index contributed by atoms with van der Waals surface area (Å²) >= 11 is 0. The van der Waals surface area contributed by atoms with Crippen molar-refractivity contribution in [2.45, 2.75) is 38.9 Å². The van der Waals surface area contributed by atoms with Crippen molar-refractivity contribution in [2.24, 2.45) is 22.7 Å². The number of likely N-dealkylation sites (tertiary alicyclic amines) is 1. The molecule has 3 atom stereocenters. The van der Waals surface area contributed by atoms with Crippen LogP contribution < -0.4 is 5.73 Å². The van der Waals surface area contributed by atoms with E-state index in [1.165, 1.54) is 0 Å². The third-order valence-electron chi connectivity index (χ3n) is 3.53. The normalized spacial score (nSPS) is 29.3. The monoisotopic (exact) mass is 267 g/mol. The molecule has 7 heteroatoms. The molecule has 18 heavy (non-hydrogen) atoms. The number of hydrogen-bond acceptors (Lipinski definition) is 3. The van der Waals surface area contributed by atoms with Crippen molar-refractivity contribution in [1.29, 1.82) is 0 Å². The molecule has 1 fully saturated rings. The van der Waals surface area contributed by atoms with Crippen LogP contribution in [0.3, 0.4) is 0 Å². The van der Waals surface area contributed by atoms with E-state index < -0.39 is 17.9 Å². The molecule has 1 aliphatic heterocycles. The number of alkyl halides is 3. The Labute approximate surface area is 105 Å². The molecule has 0 aromatic heterocycles. The molecule has 0 saturated carbocycles. The zero-order valence-corrected chi connectivity index (χ0v) is 10.6. The minimum Gasteiger partial charge on any atom is -0.409 e. The lowest BCUT2D eigenvalue weighted by molar-refractivity contribution is -0.162. The first kappa shape index (κ1) is 15.1. The Kier molecular flexibility index (Phi) is 4.84. The summed E-state index contributed by atoms with van der Waals surface area (Å²) in [6.45, 7) is 4.30. The van der Waals surface area contributed by atoms with E-state index >= 15 is 0 Å². The van der Waals surface area contributed by atoms with E-state index in [0.29, 0.717) is 12.5 Å². The maximum absolute atomic E-state index is 12.8. The number of halogens is 3. The molecule has 1 aliphatic rings. The summed E-state index contributed by atoms with van der Waals surface area (Å²) in [7, 11) is 0. The highest BCUT2D eigenvalue weighted by atomic mass is 19.4. The molecule has 1 saturated heterocycles. The van der Waals surface area contributed by atoms with Gasteiger partial charge in [0.05, 0.1) is 0 Å². The molecule has 4 nitrogen and oxygen atoms in total. The van der Waals surface area contributed by atoms with E-state index in [4.69, 9.17) is 10.9 Å². The third-order valence-corrected chi connectivity index (χ3v) is 3.53. The molecule has 0 amide bonds. The van der Waals surface area contributed by atoms with Gasteiger partial charge in [0.25, 0.3) is 0 Å². The molecule has 1 rings (SSSR count). The maximum atomic E-state index is 12.8. The van der Waals surface area contributed by atoms with Gasteiger partial charge in [-0.2, -0.15) is 13.2 Å². The first-order valence-electron chi connectivity index (χ1n) is 6.03. The Hall–Kier alpha value is -0.980. The summed E-state index contributed by atoms with van der Waals surface area (Å²) in [5.74, 6) is -2.30. The summed E-state index contributed by atoms with van der Waals surface area (Å²) in [6.07, 6.45) is -2.59.